The van der Waals surface area contributed by atoms with E-state index in [9.17, 15) is 26.4 Å². The molecule has 3 rings (SSSR count). The number of carbonyl (C=O) groups is 1. The molecule has 1 aliphatic heterocycles. The lowest BCUT2D eigenvalue weighted by Crippen LogP contribution is -2.44. The molecule has 176 valence electrons. The number of piperidine rings is 1. The molecule has 1 amide bonds. The molecule has 2 heterocycles. The standard InChI is InChI=1S/C21H26F3N3O3S2/c1-26(2)17(18-7-5-13-31-18)14-25-20(28)15-9-11-27(12-10-15)32(29,30)19-8-4-3-6-16(19)21(22,23)24/h3-8,13,15,17H,9-12,14H2,1-2H3,(H,25,28)/t17-/m0/s1. The Balaban J connectivity index is 1.62. The summed E-state index contributed by atoms with van der Waals surface area (Å²) in [5.74, 6) is -0.549. The number of halogens is 3. The first-order valence-corrected chi connectivity index (χ1v) is 12.5. The molecule has 11 heteroatoms. The highest BCUT2D eigenvalue weighted by molar-refractivity contribution is 7.89. The highest BCUT2D eigenvalue weighted by Crippen LogP contribution is 2.36. The van der Waals surface area contributed by atoms with Crippen LogP contribution in [0.4, 0.5) is 13.2 Å². The van der Waals surface area contributed by atoms with Crippen molar-refractivity contribution in [3.8, 4) is 0 Å². The van der Waals surface area contributed by atoms with Gasteiger partial charge in [-0.1, -0.05) is 18.2 Å². The number of thiophene rings is 1. The number of likely N-dealkylation sites (N-methyl/N-ethyl adjacent to an activating group) is 1. The molecule has 0 radical (unpaired) electrons. The van der Waals surface area contributed by atoms with Crippen LogP contribution in [0.15, 0.2) is 46.7 Å². The van der Waals surface area contributed by atoms with E-state index in [-0.39, 0.29) is 43.8 Å². The van der Waals surface area contributed by atoms with Crippen molar-refractivity contribution in [2.75, 3.05) is 33.7 Å². The van der Waals surface area contributed by atoms with Gasteiger partial charge >= 0.3 is 6.18 Å². The van der Waals surface area contributed by atoms with Crippen LogP contribution in [0.2, 0.25) is 0 Å². The molecule has 1 aromatic carbocycles. The van der Waals surface area contributed by atoms with Crippen molar-refractivity contribution in [3.63, 3.8) is 0 Å². The first kappa shape index (κ1) is 24.7. The van der Waals surface area contributed by atoms with Crippen LogP contribution >= 0.6 is 11.3 Å². The quantitative estimate of drug-likeness (QED) is 0.646. The molecule has 6 nitrogen and oxygen atoms in total. The van der Waals surface area contributed by atoms with Gasteiger partial charge in [-0.2, -0.15) is 17.5 Å². The Hall–Kier alpha value is -1.95. The van der Waals surface area contributed by atoms with Crippen LogP contribution in [-0.4, -0.2) is 57.3 Å². The minimum atomic E-state index is -4.77. The van der Waals surface area contributed by atoms with Crippen LogP contribution < -0.4 is 5.32 Å². The number of alkyl halides is 3. The van der Waals surface area contributed by atoms with Crippen LogP contribution in [0.1, 0.15) is 29.3 Å². The molecule has 0 unspecified atom stereocenters. The second-order valence-corrected chi connectivity index (χ2v) is 10.8. The number of hydrogen-bond donors (Lipinski definition) is 1. The molecule has 1 aliphatic rings. The SMILES string of the molecule is CN(C)[C@@H](CNC(=O)C1CCN(S(=O)(=O)c2ccccc2C(F)(F)F)CC1)c1cccs1. The van der Waals surface area contributed by atoms with E-state index in [2.05, 4.69) is 5.32 Å². The average Bonchev–Trinajstić information content (AvgIpc) is 3.27. The van der Waals surface area contributed by atoms with Crippen LogP contribution in [0.3, 0.4) is 0 Å². The van der Waals surface area contributed by atoms with Crippen LogP contribution in [0, 0.1) is 5.92 Å². The minimum absolute atomic E-state index is 0.00531. The second kappa shape index (κ2) is 9.90. The molecule has 0 saturated carbocycles. The van der Waals surface area contributed by atoms with Crippen LogP contribution in [0.5, 0.6) is 0 Å². The molecule has 1 aromatic heterocycles. The van der Waals surface area contributed by atoms with Crippen molar-refractivity contribution in [1.29, 1.82) is 0 Å². The lowest BCUT2D eigenvalue weighted by atomic mass is 9.97. The molecule has 0 aliphatic carbocycles. The van der Waals surface area contributed by atoms with Gasteiger partial charge in [0.05, 0.1) is 16.5 Å². The van der Waals surface area contributed by atoms with Gasteiger partial charge in [-0.3, -0.25) is 4.79 Å². The zero-order valence-corrected chi connectivity index (χ0v) is 19.4. The van der Waals surface area contributed by atoms with Crippen molar-refractivity contribution < 1.29 is 26.4 Å². The van der Waals surface area contributed by atoms with Gasteiger partial charge in [0, 0.05) is 30.4 Å². The van der Waals surface area contributed by atoms with Gasteiger partial charge in [-0.05, 0) is 50.5 Å². The van der Waals surface area contributed by atoms with Gasteiger partial charge in [0.1, 0.15) is 0 Å². The first-order chi connectivity index (χ1) is 15.0. The van der Waals surface area contributed by atoms with Gasteiger partial charge in [-0.25, -0.2) is 8.42 Å². The van der Waals surface area contributed by atoms with Crippen molar-refractivity contribution in [1.82, 2.24) is 14.5 Å². The lowest BCUT2D eigenvalue weighted by Gasteiger charge is -2.32. The summed E-state index contributed by atoms with van der Waals surface area (Å²) < 4.78 is 66.6. The molecule has 1 atom stereocenters. The minimum Gasteiger partial charge on any atom is -0.354 e. The van der Waals surface area contributed by atoms with Crippen LogP contribution in [-0.2, 0) is 21.0 Å². The second-order valence-electron chi connectivity index (χ2n) is 7.91. The van der Waals surface area contributed by atoms with E-state index in [1.807, 2.05) is 36.5 Å². The summed E-state index contributed by atoms with van der Waals surface area (Å²) in [6.07, 6.45) is -4.26. The fourth-order valence-electron chi connectivity index (χ4n) is 3.78. The summed E-state index contributed by atoms with van der Waals surface area (Å²) in [7, 11) is -0.457. The smallest absolute Gasteiger partial charge is 0.354 e. The fraction of sp³-hybridized carbons (Fsp3) is 0.476. The van der Waals surface area contributed by atoms with E-state index >= 15 is 0 Å². The van der Waals surface area contributed by atoms with Gasteiger partial charge in [0.15, 0.2) is 0 Å². The fourth-order valence-corrected chi connectivity index (χ4v) is 6.39. The molecular formula is C21H26F3N3O3S2. The van der Waals surface area contributed by atoms with Crippen molar-refractivity contribution in [2.24, 2.45) is 5.92 Å². The third kappa shape index (κ3) is 5.51. The van der Waals surface area contributed by atoms with Crippen molar-refractivity contribution >= 4 is 27.3 Å². The van der Waals surface area contributed by atoms with Gasteiger partial charge in [-0.15, -0.1) is 11.3 Å². The summed E-state index contributed by atoms with van der Waals surface area (Å²) in [5, 5.41) is 4.92. The molecule has 1 N–H and O–H groups in total. The summed E-state index contributed by atoms with van der Waals surface area (Å²) in [4.78, 5) is 15.1. The van der Waals surface area contributed by atoms with E-state index in [4.69, 9.17) is 0 Å². The Labute approximate surface area is 190 Å². The largest absolute Gasteiger partial charge is 0.417 e. The van der Waals surface area contributed by atoms with E-state index in [1.165, 1.54) is 6.07 Å². The normalized spacial score (nSPS) is 17.4. The number of benzene rings is 1. The number of nitrogens with one attached hydrogen (secondary N) is 1. The Kier molecular flexibility index (Phi) is 7.64. The van der Waals surface area contributed by atoms with Crippen LogP contribution in [0.25, 0.3) is 0 Å². The average molecular weight is 490 g/mol. The lowest BCUT2D eigenvalue weighted by molar-refractivity contribution is -0.139. The monoisotopic (exact) mass is 489 g/mol. The summed E-state index contributed by atoms with van der Waals surface area (Å²) >= 11 is 1.60. The Bertz CT molecular complexity index is 1020. The highest BCUT2D eigenvalue weighted by Gasteiger charge is 2.40. The molecule has 0 bridgehead atoms. The van der Waals surface area contributed by atoms with Gasteiger partial charge in [0.25, 0.3) is 0 Å². The maximum atomic E-state index is 13.3. The molecule has 1 fully saturated rings. The molecule has 2 aromatic rings. The summed E-state index contributed by atoms with van der Waals surface area (Å²) in [6.45, 7) is 0.410. The zero-order chi connectivity index (χ0) is 23.5. The zero-order valence-electron chi connectivity index (χ0n) is 17.8. The van der Waals surface area contributed by atoms with E-state index in [0.717, 1.165) is 27.4 Å². The Morgan fingerprint density at radius 2 is 1.84 bits per heavy atom. The number of hydrogen-bond acceptors (Lipinski definition) is 5. The summed E-state index contributed by atoms with van der Waals surface area (Å²) in [5.41, 5.74) is -1.18. The maximum absolute atomic E-state index is 13.3. The van der Waals surface area contributed by atoms with E-state index in [1.54, 1.807) is 11.3 Å². The van der Waals surface area contributed by atoms with Crippen molar-refractivity contribution in [3.05, 3.63) is 52.2 Å². The first-order valence-electron chi connectivity index (χ1n) is 10.2. The Morgan fingerprint density at radius 1 is 1.19 bits per heavy atom. The Morgan fingerprint density at radius 3 is 2.41 bits per heavy atom. The number of amides is 1. The molecular weight excluding hydrogens is 463 g/mol. The number of rotatable bonds is 7. The molecule has 1 saturated heterocycles. The van der Waals surface area contributed by atoms with Gasteiger partial charge in [0.2, 0.25) is 15.9 Å². The van der Waals surface area contributed by atoms with E-state index in [0.29, 0.717) is 6.54 Å². The molecule has 0 spiro atoms. The predicted octanol–water partition coefficient (Wildman–Crippen LogP) is 3.59. The highest BCUT2D eigenvalue weighted by atomic mass is 32.2. The maximum Gasteiger partial charge on any atom is 0.417 e. The number of carbonyl (C=O) groups excluding carboxylic acids is 1. The van der Waals surface area contributed by atoms with E-state index < -0.39 is 26.7 Å². The number of nitrogens with zero attached hydrogens (tertiary/aromatic N) is 2. The third-order valence-electron chi connectivity index (χ3n) is 5.60. The van der Waals surface area contributed by atoms with Crippen molar-refractivity contribution in [2.45, 2.75) is 30.0 Å². The number of sulfonamides is 1. The topological polar surface area (TPSA) is 69.7 Å². The third-order valence-corrected chi connectivity index (χ3v) is 8.53. The predicted molar refractivity (Wildman–Crippen MR) is 117 cm³/mol. The van der Waals surface area contributed by atoms with Gasteiger partial charge < -0.3 is 10.2 Å². The summed E-state index contributed by atoms with van der Waals surface area (Å²) in [6, 6.07) is 8.16. The molecule has 32 heavy (non-hydrogen) atoms.